The lowest BCUT2D eigenvalue weighted by molar-refractivity contribution is -0.134. The number of nitrogens with one attached hydrogen (secondary N) is 3. The summed E-state index contributed by atoms with van der Waals surface area (Å²) < 4.78 is 5.58. The van der Waals surface area contributed by atoms with Crippen molar-refractivity contribution in [1.29, 1.82) is 10.7 Å². The van der Waals surface area contributed by atoms with E-state index in [0.29, 0.717) is 36.3 Å². The maximum atomic E-state index is 13.2. The summed E-state index contributed by atoms with van der Waals surface area (Å²) in [5, 5.41) is 23.8. The molecule has 0 unspecified atom stereocenters. The number of rotatable bonds is 4. The van der Waals surface area contributed by atoms with Crippen molar-refractivity contribution >= 4 is 47.5 Å². The van der Waals surface area contributed by atoms with Crippen LogP contribution in [0, 0.1) is 16.7 Å². The zero-order valence-electron chi connectivity index (χ0n) is 19.3. The summed E-state index contributed by atoms with van der Waals surface area (Å²) in [5.74, 6) is -0.643. The molecule has 35 heavy (non-hydrogen) atoms. The fourth-order valence-corrected chi connectivity index (χ4v) is 4.88. The largest absolute Gasteiger partial charge is 0.378 e. The molecule has 2 fully saturated rings. The van der Waals surface area contributed by atoms with Gasteiger partial charge in [-0.15, -0.1) is 12.4 Å². The van der Waals surface area contributed by atoms with Crippen molar-refractivity contribution in [2.75, 3.05) is 11.9 Å². The number of carbonyl (C=O) groups excluding carboxylic acids is 2. The maximum absolute atomic E-state index is 13.2. The van der Waals surface area contributed by atoms with Crippen molar-refractivity contribution in [3.63, 3.8) is 0 Å². The molecule has 3 atom stereocenters. The number of aromatic nitrogens is 1. The van der Waals surface area contributed by atoms with Gasteiger partial charge in [-0.05, 0) is 50.5 Å². The van der Waals surface area contributed by atoms with E-state index in [4.69, 9.17) is 27.0 Å². The van der Waals surface area contributed by atoms with Crippen molar-refractivity contribution in [3.8, 4) is 6.07 Å². The summed E-state index contributed by atoms with van der Waals surface area (Å²) in [7, 11) is 0. The van der Waals surface area contributed by atoms with Gasteiger partial charge in [0.15, 0.2) is 5.96 Å². The standard InChI is InChI=1S/C24H25ClN6O3.ClH/c1-14-10-16(7-9-34-14)31-20(32)12-24(2,30-23(31)27)17-4-3-5-18(21(17)25)29-22(33)19-11-15(13-26)6-8-28-19;/h3-6,8,11,14,16H,7,9-10,12H2,1-2H3,(H2,27,30)(H,29,33);1H/t14-,16-,24+;/m1./s1. The highest BCUT2D eigenvalue weighted by atomic mass is 35.5. The normalized spacial score (nSPS) is 24.1. The van der Waals surface area contributed by atoms with E-state index in [1.165, 1.54) is 23.2 Å². The van der Waals surface area contributed by atoms with Crippen LogP contribution in [0.2, 0.25) is 5.02 Å². The molecule has 11 heteroatoms. The molecule has 0 saturated carbocycles. The highest BCUT2D eigenvalue weighted by Gasteiger charge is 2.43. The minimum absolute atomic E-state index is 0. The second-order valence-corrected chi connectivity index (χ2v) is 9.15. The Labute approximate surface area is 214 Å². The van der Waals surface area contributed by atoms with E-state index in [2.05, 4.69) is 15.6 Å². The fraction of sp³-hybridized carbons (Fsp3) is 0.375. The van der Waals surface area contributed by atoms with Gasteiger partial charge < -0.3 is 15.4 Å². The Bertz CT molecular complexity index is 1180. The van der Waals surface area contributed by atoms with Gasteiger partial charge in [0.25, 0.3) is 5.91 Å². The predicted molar refractivity (Wildman–Crippen MR) is 134 cm³/mol. The average Bonchev–Trinajstić information content (AvgIpc) is 2.80. The second-order valence-electron chi connectivity index (χ2n) is 8.77. The molecule has 9 nitrogen and oxygen atoms in total. The minimum Gasteiger partial charge on any atom is -0.378 e. The summed E-state index contributed by atoms with van der Waals surface area (Å²) in [6, 6.07) is 9.93. The van der Waals surface area contributed by atoms with Crippen molar-refractivity contribution in [3.05, 3.63) is 58.4 Å². The molecular weight excluding hydrogens is 491 g/mol. The molecule has 4 rings (SSSR count). The van der Waals surface area contributed by atoms with Crippen molar-refractivity contribution in [1.82, 2.24) is 15.2 Å². The van der Waals surface area contributed by atoms with Crippen molar-refractivity contribution in [2.45, 2.75) is 50.8 Å². The van der Waals surface area contributed by atoms with Gasteiger partial charge in [0.1, 0.15) is 5.69 Å². The van der Waals surface area contributed by atoms with E-state index in [1.807, 2.05) is 19.9 Å². The molecule has 184 valence electrons. The van der Waals surface area contributed by atoms with Gasteiger partial charge in [0.2, 0.25) is 5.91 Å². The molecule has 0 spiro atoms. The van der Waals surface area contributed by atoms with Crippen LogP contribution in [0.5, 0.6) is 0 Å². The Morgan fingerprint density at radius 1 is 1.43 bits per heavy atom. The van der Waals surface area contributed by atoms with E-state index >= 15 is 0 Å². The molecule has 3 heterocycles. The number of ether oxygens (including phenoxy) is 1. The molecule has 2 aliphatic heterocycles. The number of benzene rings is 1. The number of nitrogens with zero attached hydrogens (tertiary/aromatic N) is 3. The van der Waals surface area contributed by atoms with Crippen LogP contribution in [0.25, 0.3) is 0 Å². The fourth-order valence-electron chi connectivity index (χ4n) is 4.50. The minimum atomic E-state index is -0.932. The first-order chi connectivity index (χ1) is 16.2. The van der Waals surface area contributed by atoms with E-state index in [-0.39, 0.29) is 53.6 Å². The Hall–Kier alpha value is -3.19. The highest BCUT2D eigenvalue weighted by molar-refractivity contribution is 6.35. The highest BCUT2D eigenvalue weighted by Crippen LogP contribution is 2.38. The third kappa shape index (κ3) is 5.40. The zero-order chi connectivity index (χ0) is 24.5. The average molecular weight is 517 g/mol. The smallest absolute Gasteiger partial charge is 0.274 e. The monoisotopic (exact) mass is 516 g/mol. The van der Waals surface area contributed by atoms with Gasteiger partial charge in [-0.1, -0.05) is 23.7 Å². The summed E-state index contributed by atoms with van der Waals surface area (Å²) in [4.78, 5) is 31.4. The van der Waals surface area contributed by atoms with Gasteiger partial charge in [-0.2, -0.15) is 5.26 Å². The number of hydrogen-bond donors (Lipinski definition) is 3. The molecule has 2 amide bonds. The Balaban J connectivity index is 0.00000342. The second kappa shape index (κ2) is 10.6. The molecule has 0 bridgehead atoms. The molecule has 1 aromatic heterocycles. The van der Waals surface area contributed by atoms with Gasteiger partial charge >= 0.3 is 0 Å². The number of hydrogen-bond acceptors (Lipinski definition) is 6. The lowest BCUT2D eigenvalue weighted by Gasteiger charge is -2.45. The Kier molecular flexibility index (Phi) is 8.00. The third-order valence-electron chi connectivity index (χ3n) is 6.19. The SMILES string of the molecule is C[C@@H]1C[C@H](N2C(=N)N[C@](C)(c3cccc(NC(=O)c4cc(C#N)ccn4)c3Cl)CC2=O)CCO1.Cl. The number of amides is 2. The molecule has 2 aromatic rings. The van der Waals surface area contributed by atoms with Gasteiger partial charge in [0.05, 0.1) is 40.4 Å². The van der Waals surface area contributed by atoms with Crippen LogP contribution in [-0.2, 0) is 15.1 Å². The molecule has 3 N–H and O–H groups in total. The first-order valence-corrected chi connectivity index (χ1v) is 11.4. The maximum Gasteiger partial charge on any atom is 0.274 e. The molecule has 0 aliphatic carbocycles. The van der Waals surface area contributed by atoms with E-state index in [0.717, 1.165) is 0 Å². The number of pyridine rings is 1. The summed E-state index contributed by atoms with van der Waals surface area (Å²) in [6.45, 7) is 4.33. The predicted octanol–water partition coefficient (Wildman–Crippen LogP) is 3.82. The number of guanidine groups is 1. The van der Waals surface area contributed by atoms with E-state index < -0.39 is 11.4 Å². The van der Waals surface area contributed by atoms with Crippen molar-refractivity contribution < 1.29 is 14.3 Å². The van der Waals surface area contributed by atoms with Crippen LogP contribution in [-0.4, -0.2) is 46.4 Å². The number of halogens is 2. The quantitative estimate of drug-likeness (QED) is 0.565. The molecule has 2 saturated heterocycles. The Morgan fingerprint density at radius 2 is 2.20 bits per heavy atom. The Morgan fingerprint density at radius 3 is 2.89 bits per heavy atom. The van der Waals surface area contributed by atoms with Gasteiger partial charge in [-0.3, -0.25) is 24.9 Å². The lowest BCUT2D eigenvalue weighted by Crippen LogP contribution is -2.63. The number of anilines is 1. The van der Waals surface area contributed by atoms with Gasteiger partial charge in [-0.25, -0.2) is 0 Å². The van der Waals surface area contributed by atoms with E-state index in [1.54, 1.807) is 18.2 Å². The topological polar surface area (TPSA) is 131 Å². The number of nitriles is 1. The van der Waals surface area contributed by atoms with Gasteiger partial charge in [0, 0.05) is 18.8 Å². The van der Waals surface area contributed by atoms with Crippen LogP contribution in [0.1, 0.15) is 54.7 Å². The first-order valence-electron chi connectivity index (χ1n) is 11.0. The van der Waals surface area contributed by atoms with Crippen molar-refractivity contribution in [2.24, 2.45) is 0 Å². The third-order valence-corrected chi connectivity index (χ3v) is 6.60. The number of carbonyl (C=O) groups is 2. The van der Waals surface area contributed by atoms with Crippen LogP contribution < -0.4 is 10.6 Å². The molecule has 0 radical (unpaired) electrons. The first kappa shape index (κ1) is 26.4. The molecular formula is C24H26Cl2N6O3. The zero-order valence-corrected chi connectivity index (χ0v) is 20.9. The lowest BCUT2D eigenvalue weighted by atomic mass is 9.85. The van der Waals surface area contributed by atoms with Crippen LogP contribution >= 0.6 is 24.0 Å². The summed E-state index contributed by atoms with van der Waals surface area (Å²) in [6.07, 6.45) is 2.88. The van der Waals surface area contributed by atoms with Crippen LogP contribution in [0.4, 0.5) is 5.69 Å². The molecule has 2 aliphatic rings. The van der Waals surface area contributed by atoms with E-state index in [9.17, 15) is 9.59 Å². The van der Waals surface area contributed by atoms with Crippen LogP contribution in [0.3, 0.4) is 0 Å². The summed E-state index contributed by atoms with van der Waals surface area (Å²) >= 11 is 6.68. The van der Waals surface area contributed by atoms with Crippen LogP contribution in [0.15, 0.2) is 36.5 Å². The summed E-state index contributed by atoms with van der Waals surface area (Å²) in [5.41, 5.74) is 0.401. The molecule has 1 aromatic carbocycles.